The quantitative estimate of drug-likeness (QED) is 0.145. The summed E-state index contributed by atoms with van der Waals surface area (Å²) in [7, 11) is 0. The molecule has 0 saturated heterocycles. The summed E-state index contributed by atoms with van der Waals surface area (Å²) < 4.78 is 6.62. The normalized spacial score (nSPS) is 11.7. The minimum atomic E-state index is 0.879. The van der Waals surface area contributed by atoms with Crippen molar-refractivity contribution in [2.24, 2.45) is 0 Å². The summed E-state index contributed by atoms with van der Waals surface area (Å²) in [6, 6.07) is 97.3. The van der Waals surface area contributed by atoms with E-state index in [2.05, 4.69) is 267 Å². The smallest absolute Gasteiger partial charge is 0.136 e. The Morgan fingerprint density at radius 1 is 0.183 bits per heavy atom. The summed E-state index contributed by atoms with van der Waals surface area (Å²) in [5.41, 5.74) is 18.7. The van der Waals surface area contributed by atoms with Crippen molar-refractivity contribution >= 4 is 65.0 Å². The van der Waals surface area contributed by atoms with Gasteiger partial charge in [0.1, 0.15) is 11.2 Å². The third-order valence-electron chi connectivity index (χ3n) is 14.6. The Morgan fingerprint density at radius 3 is 1.04 bits per heavy atom. The predicted molar refractivity (Wildman–Crippen MR) is 302 cm³/mol. The zero-order valence-corrected chi connectivity index (χ0v) is 38.8. The van der Waals surface area contributed by atoms with Crippen LogP contribution in [0.15, 0.2) is 271 Å². The molecular weight excluding hydrogens is 857 g/mol. The molecule has 0 saturated carbocycles. The van der Waals surface area contributed by atoms with Crippen molar-refractivity contribution in [2.45, 2.75) is 0 Å². The van der Waals surface area contributed by atoms with Gasteiger partial charge in [-0.3, -0.25) is 0 Å². The van der Waals surface area contributed by atoms with E-state index in [1.807, 2.05) is 0 Å². The highest BCUT2D eigenvalue weighted by atomic mass is 16.3. The Labute approximate surface area is 412 Å². The molecule has 0 N–H and O–H groups in total. The molecule has 14 rings (SSSR count). The van der Waals surface area contributed by atoms with Gasteiger partial charge in [0.25, 0.3) is 0 Å². The van der Waals surface area contributed by atoms with Crippen molar-refractivity contribution in [1.29, 1.82) is 0 Å². The van der Waals surface area contributed by atoms with Crippen LogP contribution in [0.25, 0.3) is 143 Å². The van der Waals surface area contributed by atoms with Crippen LogP contribution in [0.1, 0.15) is 0 Å². The summed E-state index contributed by atoms with van der Waals surface area (Å²) in [6.45, 7) is 0. The van der Waals surface area contributed by atoms with Gasteiger partial charge in [-0.05, 0) is 151 Å². The number of benzene rings is 13. The summed E-state index contributed by atoms with van der Waals surface area (Å²) in [4.78, 5) is 0. The molecule has 0 spiro atoms. The molecule has 0 aliphatic heterocycles. The molecule has 1 nitrogen and oxygen atoms in total. The molecule has 1 heteroatoms. The Bertz CT molecular complexity index is 4260. The summed E-state index contributed by atoms with van der Waals surface area (Å²) >= 11 is 0. The number of furan rings is 1. The highest BCUT2D eigenvalue weighted by Gasteiger charge is 2.20. The fourth-order valence-corrected chi connectivity index (χ4v) is 11.5. The molecular formula is C70H44O. The molecule has 0 radical (unpaired) electrons. The van der Waals surface area contributed by atoms with E-state index in [1.54, 1.807) is 0 Å². The van der Waals surface area contributed by atoms with Gasteiger partial charge in [-0.2, -0.15) is 0 Å². The fraction of sp³-hybridized carbons (Fsp3) is 0. The van der Waals surface area contributed by atoms with E-state index in [9.17, 15) is 0 Å². The molecule has 0 aliphatic rings. The molecule has 0 unspecified atom stereocenters. The molecule has 0 bridgehead atoms. The van der Waals surface area contributed by atoms with E-state index in [1.165, 1.54) is 98.7 Å². The number of rotatable bonds is 7. The monoisotopic (exact) mass is 900 g/mol. The maximum atomic E-state index is 6.62. The first-order valence-electron chi connectivity index (χ1n) is 24.5. The van der Waals surface area contributed by atoms with Gasteiger partial charge in [0.15, 0.2) is 0 Å². The molecule has 71 heavy (non-hydrogen) atoms. The average Bonchev–Trinajstić information content (AvgIpc) is 3.83. The Hall–Kier alpha value is -9.30. The second-order valence-electron chi connectivity index (χ2n) is 18.6. The van der Waals surface area contributed by atoms with Gasteiger partial charge in [0.05, 0.1) is 0 Å². The first-order valence-corrected chi connectivity index (χ1v) is 24.5. The second-order valence-corrected chi connectivity index (χ2v) is 18.6. The van der Waals surface area contributed by atoms with Gasteiger partial charge in [0.2, 0.25) is 0 Å². The topological polar surface area (TPSA) is 13.1 Å². The minimum absolute atomic E-state index is 0.879. The minimum Gasteiger partial charge on any atom is -0.456 e. The predicted octanol–water partition coefficient (Wildman–Crippen LogP) is 19.9. The lowest BCUT2D eigenvalue weighted by molar-refractivity contribution is 0.669. The van der Waals surface area contributed by atoms with Crippen molar-refractivity contribution in [2.75, 3.05) is 0 Å². The van der Waals surface area contributed by atoms with Gasteiger partial charge in [-0.15, -0.1) is 0 Å². The summed E-state index contributed by atoms with van der Waals surface area (Å²) in [5, 5.41) is 12.2. The van der Waals surface area contributed by atoms with Crippen LogP contribution in [-0.4, -0.2) is 0 Å². The van der Waals surface area contributed by atoms with Crippen molar-refractivity contribution in [3.63, 3.8) is 0 Å². The van der Waals surface area contributed by atoms with Crippen LogP contribution in [0, 0.1) is 0 Å². The molecule has 13 aromatic carbocycles. The van der Waals surface area contributed by atoms with Gasteiger partial charge in [-0.1, -0.05) is 237 Å². The number of hydrogen-bond acceptors (Lipinski definition) is 1. The zero-order valence-electron chi connectivity index (χ0n) is 38.8. The maximum Gasteiger partial charge on any atom is 0.136 e. The molecule has 0 atom stereocenters. The molecule has 0 aliphatic carbocycles. The van der Waals surface area contributed by atoms with Crippen LogP contribution >= 0.6 is 0 Å². The highest BCUT2D eigenvalue weighted by molar-refractivity contribution is 6.23. The summed E-state index contributed by atoms with van der Waals surface area (Å²) in [6.07, 6.45) is 0. The zero-order chi connectivity index (χ0) is 46.8. The molecule has 0 amide bonds. The van der Waals surface area contributed by atoms with Gasteiger partial charge >= 0.3 is 0 Å². The van der Waals surface area contributed by atoms with E-state index in [0.717, 1.165) is 44.2 Å². The van der Waals surface area contributed by atoms with E-state index in [0.29, 0.717) is 0 Å². The SMILES string of the molecule is c1ccc(-c2cccc(-c3c4ccccc4c(-c4ccc(-c5ccc6oc7cccc(-c8cccc(-c9c%10ccccc%10c(-c%10ccccc%10)c%10ccccc9%10)c8)c7c6c5)cc4)c4ccccc34)c2)cc1. The number of fused-ring (bicyclic) bond motifs is 7. The molecule has 1 aromatic heterocycles. The Kier molecular flexibility index (Phi) is 9.60. The van der Waals surface area contributed by atoms with E-state index >= 15 is 0 Å². The molecule has 1 heterocycles. The van der Waals surface area contributed by atoms with E-state index in [-0.39, 0.29) is 0 Å². The van der Waals surface area contributed by atoms with Gasteiger partial charge in [-0.25, -0.2) is 0 Å². The lowest BCUT2D eigenvalue weighted by atomic mass is 9.85. The molecule has 14 aromatic rings. The highest BCUT2D eigenvalue weighted by Crippen LogP contribution is 2.47. The maximum absolute atomic E-state index is 6.62. The van der Waals surface area contributed by atoms with Crippen LogP contribution < -0.4 is 0 Å². The summed E-state index contributed by atoms with van der Waals surface area (Å²) in [5.74, 6) is 0. The van der Waals surface area contributed by atoms with Crippen molar-refractivity contribution in [1.82, 2.24) is 0 Å². The van der Waals surface area contributed by atoms with E-state index < -0.39 is 0 Å². The first kappa shape index (κ1) is 40.7. The molecule has 330 valence electrons. The van der Waals surface area contributed by atoms with Crippen LogP contribution in [0.3, 0.4) is 0 Å². The third kappa shape index (κ3) is 6.78. The van der Waals surface area contributed by atoms with Crippen LogP contribution in [0.5, 0.6) is 0 Å². The fourth-order valence-electron chi connectivity index (χ4n) is 11.5. The average molecular weight is 901 g/mol. The molecule has 0 fully saturated rings. The van der Waals surface area contributed by atoms with Crippen molar-refractivity contribution < 1.29 is 4.42 Å². The third-order valence-corrected chi connectivity index (χ3v) is 14.6. The van der Waals surface area contributed by atoms with Gasteiger partial charge in [0, 0.05) is 10.8 Å². The largest absolute Gasteiger partial charge is 0.456 e. The van der Waals surface area contributed by atoms with Crippen LogP contribution in [-0.2, 0) is 0 Å². The Balaban J connectivity index is 0.868. The first-order chi connectivity index (χ1) is 35.2. The van der Waals surface area contributed by atoms with Crippen LogP contribution in [0.2, 0.25) is 0 Å². The lowest BCUT2D eigenvalue weighted by Crippen LogP contribution is -1.91. The number of hydrogen-bond donors (Lipinski definition) is 0. The van der Waals surface area contributed by atoms with Crippen molar-refractivity contribution in [3.05, 3.63) is 267 Å². The second kappa shape index (κ2) is 16.7. The lowest BCUT2D eigenvalue weighted by Gasteiger charge is -2.18. The van der Waals surface area contributed by atoms with Crippen LogP contribution in [0.4, 0.5) is 0 Å². The Morgan fingerprint density at radius 2 is 0.521 bits per heavy atom. The van der Waals surface area contributed by atoms with E-state index in [4.69, 9.17) is 4.42 Å². The van der Waals surface area contributed by atoms with Crippen molar-refractivity contribution in [3.8, 4) is 77.9 Å². The van der Waals surface area contributed by atoms with Gasteiger partial charge < -0.3 is 4.42 Å². The standard InChI is InChI=1S/C70H44O/c1-3-18-45(19-4-1)49-22-15-24-52(42-49)68-61-32-13-9-28-57(61)67(58-29-10-14-33-62(58)68)48-38-36-46(37-39-48)50-40-41-64-63(44-50)70-54(34-17-35-65(70)71-64)51-23-16-25-53(43-51)69-59-30-11-7-26-55(59)66(47-20-5-2-6-21-47)56-27-8-12-31-60(56)69/h1-44H.